The zero-order valence-electron chi connectivity index (χ0n) is 9.66. The van der Waals surface area contributed by atoms with Gasteiger partial charge in [-0.1, -0.05) is 13.8 Å². The normalized spacial score (nSPS) is 25.1. The highest BCUT2D eigenvalue weighted by Crippen LogP contribution is 2.20. The van der Waals surface area contributed by atoms with Crippen LogP contribution in [0.5, 0.6) is 0 Å². The highest BCUT2D eigenvalue weighted by molar-refractivity contribution is 5.77. The van der Waals surface area contributed by atoms with Gasteiger partial charge in [0.1, 0.15) is 6.61 Å². The minimum atomic E-state index is -0.0175. The van der Waals surface area contributed by atoms with Crippen molar-refractivity contribution in [3.05, 3.63) is 0 Å². The molecule has 0 aliphatic heterocycles. The molecule has 15 heavy (non-hydrogen) atoms. The van der Waals surface area contributed by atoms with Crippen LogP contribution in [0.15, 0.2) is 0 Å². The molecule has 0 unspecified atom stereocenters. The molecule has 1 aliphatic carbocycles. The van der Waals surface area contributed by atoms with E-state index in [1.807, 2.05) is 0 Å². The van der Waals surface area contributed by atoms with Crippen molar-refractivity contribution in [2.75, 3.05) is 13.2 Å². The summed E-state index contributed by atoms with van der Waals surface area (Å²) in [6.07, 6.45) is 2.99. The Hall–Kier alpha value is -0.610. The van der Waals surface area contributed by atoms with E-state index >= 15 is 0 Å². The Bertz CT molecular complexity index is 201. The standard InChI is InChI=1S/C11H22N2O2/c1-8(2)3-4-13-11(14)7-15-10-5-9(12)6-10/h8-10H,3-7,12H2,1-2H3,(H,13,14). The topological polar surface area (TPSA) is 64.3 Å². The van der Waals surface area contributed by atoms with E-state index in [9.17, 15) is 4.79 Å². The second-order valence-corrected chi connectivity index (χ2v) is 4.70. The maximum atomic E-state index is 11.3. The first kappa shape index (κ1) is 12.5. The first-order valence-electron chi connectivity index (χ1n) is 5.71. The average molecular weight is 214 g/mol. The molecule has 3 N–H and O–H groups in total. The predicted molar refractivity (Wildman–Crippen MR) is 59.4 cm³/mol. The number of amides is 1. The van der Waals surface area contributed by atoms with Crippen LogP contribution < -0.4 is 11.1 Å². The molecule has 0 saturated heterocycles. The van der Waals surface area contributed by atoms with Crippen LogP contribution in [0.4, 0.5) is 0 Å². The van der Waals surface area contributed by atoms with Crippen LogP contribution in [0.3, 0.4) is 0 Å². The van der Waals surface area contributed by atoms with Crippen molar-refractivity contribution in [1.29, 1.82) is 0 Å². The van der Waals surface area contributed by atoms with Gasteiger partial charge in [-0.05, 0) is 25.2 Å². The van der Waals surface area contributed by atoms with Crippen LogP contribution in [-0.2, 0) is 9.53 Å². The van der Waals surface area contributed by atoms with E-state index in [0.717, 1.165) is 25.8 Å². The molecule has 0 bridgehead atoms. The Morgan fingerprint density at radius 3 is 2.73 bits per heavy atom. The highest BCUT2D eigenvalue weighted by atomic mass is 16.5. The van der Waals surface area contributed by atoms with E-state index in [0.29, 0.717) is 5.92 Å². The van der Waals surface area contributed by atoms with Gasteiger partial charge in [0.05, 0.1) is 6.10 Å². The lowest BCUT2D eigenvalue weighted by Crippen LogP contribution is -2.43. The molecule has 88 valence electrons. The molecule has 0 heterocycles. The lowest BCUT2D eigenvalue weighted by molar-refractivity contribution is -0.129. The molecule has 0 spiro atoms. The predicted octanol–water partition coefficient (Wildman–Crippen LogP) is 0.655. The van der Waals surface area contributed by atoms with Crippen LogP contribution in [-0.4, -0.2) is 31.2 Å². The molecule has 0 aromatic rings. The van der Waals surface area contributed by atoms with Gasteiger partial charge in [0.15, 0.2) is 0 Å². The Morgan fingerprint density at radius 1 is 1.53 bits per heavy atom. The summed E-state index contributed by atoms with van der Waals surface area (Å²) in [6, 6.07) is 0.277. The van der Waals surface area contributed by atoms with Crippen molar-refractivity contribution in [2.24, 2.45) is 11.7 Å². The molecular formula is C11H22N2O2. The summed E-state index contributed by atoms with van der Waals surface area (Å²) in [5.41, 5.74) is 5.61. The van der Waals surface area contributed by atoms with E-state index in [2.05, 4.69) is 19.2 Å². The van der Waals surface area contributed by atoms with E-state index in [-0.39, 0.29) is 24.7 Å². The maximum Gasteiger partial charge on any atom is 0.246 e. The van der Waals surface area contributed by atoms with Crippen molar-refractivity contribution >= 4 is 5.91 Å². The van der Waals surface area contributed by atoms with Gasteiger partial charge in [-0.15, -0.1) is 0 Å². The average Bonchev–Trinajstić information content (AvgIpc) is 2.10. The quantitative estimate of drug-likeness (QED) is 0.682. The second-order valence-electron chi connectivity index (χ2n) is 4.70. The van der Waals surface area contributed by atoms with E-state index < -0.39 is 0 Å². The van der Waals surface area contributed by atoms with Crippen LogP contribution in [0, 0.1) is 5.92 Å². The number of hydrogen-bond donors (Lipinski definition) is 2. The Kier molecular flexibility index (Phi) is 5.05. The first-order valence-corrected chi connectivity index (χ1v) is 5.71. The number of nitrogens with two attached hydrogens (primary N) is 1. The third kappa shape index (κ3) is 5.14. The number of ether oxygens (including phenoxy) is 1. The smallest absolute Gasteiger partial charge is 0.246 e. The summed E-state index contributed by atoms with van der Waals surface area (Å²) in [4.78, 5) is 11.3. The molecule has 1 amide bonds. The number of carbonyl (C=O) groups excluding carboxylic acids is 1. The van der Waals surface area contributed by atoms with Gasteiger partial charge in [-0.25, -0.2) is 0 Å². The van der Waals surface area contributed by atoms with Crippen LogP contribution in [0.25, 0.3) is 0 Å². The van der Waals surface area contributed by atoms with Gasteiger partial charge in [0, 0.05) is 12.6 Å². The van der Waals surface area contributed by atoms with Crippen LogP contribution in [0.2, 0.25) is 0 Å². The van der Waals surface area contributed by atoms with Crippen LogP contribution in [0.1, 0.15) is 33.1 Å². The Balaban J connectivity index is 1.94. The SMILES string of the molecule is CC(C)CCNC(=O)COC1CC(N)C1. The summed E-state index contributed by atoms with van der Waals surface area (Å²) >= 11 is 0. The van der Waals surface area contributed by atoms with Crippen molar-refractivity contribution in [2.45, 2.75) is 45.3 Å². The third-order valence-electron chi connectivity index (χ3n) is 2.63. The molecule has 1 rings (SSSR count). The molecule has 1 aliphatic rings. The fourth-order valence-electron chi connectivity index (χ4n) is 1.49. The molecule has 0 aromatic carbocycles. The molecular weight excluding hydrogens is 192 g/mol. The summed E-state index contributed by atoms with van der Waals surface area (Å²) in [5.74, 6) is 0.604. The molecule has 4 nitrogen and oxygen atoms in total. The number of hydrogen-bond acceptors (Lipinski definition) is 3. The molecule has 0 radical (unpaired) electrons. The van der Waals surface area contributed by atoms with Gasteiger partial charge < -0.3 is 15.8 Å². The van der Waals surface area contributed by atoms with E-state index in [1.54, 1.807) is 0 Å². The second kappa shape index (κ2) is 6.08. The number of rotatable bonds is 6. The fraction of sp³-hybridized carbons (Fsp3) is 0.909. The zero-order valence-corrected chi connectivity index (χ0v) is 9.66. The minimum absolute atomic E-state index is 0.0175. The van der Waals surface area contributed by atoms with Gasteiger partial charge in [0.25, 0.3) is 0 Å². The molecule has 4 heteroatoms. The van der Waals surface area contributed by atoms with Gasteiger partial charge in [-0.2, -0.15) is 0 Å². The zero-order chi connectivity index (χ0) is 11.3. The first-order chi connectivity index (χ1) is 7.08. The van der Waals surface area contributed by atoms with Crippen molar-refractivity contribution in [3.63, 3.8) is 0 Å². The fourth-order valence-corrected chi connectivity index (χ4v) is 1.49. The lowest BCUT2D eigenvalue weighted by Gasteiger charge is -2.31. The summed E-state index contributed by atoms with van der Waals surface area (Å²) in [7, 11) is 0. The van der Waals surface area contributed by atoms with Crippen molar-refractivity contribution in [1.82, 2.24) is 5.32 Å². The largest absolute Gasteiger partial charge is 0.368 e. The Morgan fingerprint density at radius 2 is 2.20 bits per heavy atom. The highest BCUT2D eigenvalue weighted by Gasteiger charge is 2.26. The van der Waals surface area contributed by atoms with E-state index in [1.165, 1.54) is 0 Å². The van der Waals surface area contributed by atoms with Gasteiger partial charge >= 0.3 is 0 Å². The third-order valence-corrected chi connectivity index (χ3v) is 2.63. The van der Waals surface area contributed by atoms with Gasteiger partial charge in [-0.3, -0.25) is 4.79 Å². The lowest BCUT2D eigenvalue weighted by atomic mass is 9.90. The molecule has 0 atom stereocenters. The Labute approximate surface area is 91.5 Å². The molecule has 0 aromatic heterocycles. The summed E-state index contributed by atoms with van der Waals surface area (Å²) in [5, 5.41) is 2.83. The number of nitrogens with one attached hydrogen (secondary N) is 1. The maximum absolute atomic E-state index is 11.3. The molecule has 1 saturated carbocycles. The summed E-state index contributed by atoms with van der Waals surface area (Å²) in [6.45, 7) is 5.19. The minimum Gasteiger partial charge on any atom is -0.368 e. The molecule has 1 fully saturated rings. The van der Waals surface area contributed by atoms with Crippen molar-refractivity contribution in [3.8, 4) is 0 Å². The number of carbonyl (C=O) groups is 1. The summed E-state index contributed by atoms with van der Waals surface area (Å²) < 4.78 is 5.38. The van der Waals surface area contributed by atoms with Gasteiger partial charge in [0.2, 0.25) is 5.91 Å². The van der Waals surface area contributed by atoms with Crippen LogP contribution >= 0.6 is 0 Å². The van der Waals surface area contributed by atoms with E-state index in [4.69, 9.17) is 10.5 Å². The monoisotopic (exact) mass is 214 g/mol. The van der Waals surface area contributed by atoms with Crippen molar-refractivity contribution < 1.29 is 9.53 Å².